The maximum absolute atomic E-state index is 12.1. The molecule has 0 radical (unpaired) electrons. The number of rotatable bonds is 4. The van der Waals surface area contributed by atoms with Crippen LogP contribution >= 0.6 is 11.3 Å². The van der Waals surface area contributed by atoms with E-state index in [0.717, 1.165) is 11.3 Å². The van der Waals surface area contributed by atoms with Crippen molar-refractivity contribution in [3.8, 4) is 22.8 Å². The van der Waals surface area contributed by atoms with Crippen LogP contribution in [0.1, 0.15) is 5.69 Å². The number of urea groups is 1. The molecule has 0 saturated carbocycles. The molecule has 1 aromatic carbocycles. The number of anilines is 1. The first kappa shape index (κ1) is 15.4. The number of ether oxygens (including phenoxy) is 2. The molecule has 0 aliphatic carbocycles. The van der Waals surface area contributed by atoms with E-state index in [-0.39, 0.29) is 19.4 Å². The van der Waals surface area contributed by atoms with Crippen LogP contribution in [-0.2, 0) is 6.54 Å². The topological polar surface area (TPSA) is 85.4 Å². The third kappa shape index (κ3) is 3.38. The molecule has 126 valence electrons. The summed E-state index contributed by atoms with van der Waals surface area (Å²) in [6.07, 6.45) is 3.26. The van der Waals surface area contributed by atoms with E-state index < -0.39 is 0 Å². The minimum absolute atomic E-state index is 0.197. The van der Waals surface area contributed by atoms with Crippen molar-refractivity contribution in [3.63, 3.8) is 0 Å². The Morgan fingerprint density at radius 3 is 2.92 bits per heavy atom. The van der Waals surface area contributed by atoms with Gasteiger partial charge in [0, 0.05) is 35.1 Å². The summed E-state index contributed by atoms with van der Waals surface area (Å²) in [5.74, 6) is 1.29. The molecular formula is C17H14N4O3S. The fourth-order valence-electron chi connectivity index (χ4n) is 2.45. The highest BCUT2D eigenvalue weighted by atomic mass is 32.1. The lowest BCUT2D eigenvalue weighted by Gasteiger charge is -2.10. The molecule has 0 fully saturated rings. The van der Waals surface area contributed by atoms with Crippen molar-refractivity contribution in [2.45, 2.75) is 6.54 Å². The normalized spacial score (nSPS) is 12.0. The van der Waals surface area contributed by atoms with Gasteiger partial charge in [-0.2, -0.15) is 11.3 Å². The van der Waals surface area contributed by atoms with E-state index in [0.29, 0.717) is 22.9 Å². The quantitative estimate of drug-likeness (QED) is 0.751. The molecule has 3 aromatic rings. The van der Waals surface area contributed by atoms with E-state index in [9.17, 15) is 4.79 Å². The van der Waals surface area contributed by atoms with Gasteiger partial charge in [-0.25, -0.2) is 4.79 Å². The first-order valence-electron chi connectivity index (χ1n) is 7.56. The molecule has 2 aromatic heterocycles. The number of aromatic nitrogens is 2. The second kappa shape index (κ2) is 6.78. The summed E-state index contributed by atoms with van der Waals surface area (Å²) in [6.45, 7) is 0.471. The van der Waals surface area contributed by atoms with E-state index in [1.54, 1.807) is 41.9 Å². The van der Waals surface area contributed by atoms with Crippen LogP contribution in [0.25, 0.3) is 11.3 Å². The van der Waals surface area contributed by atoms with Gasteiger partial charge in [0.2, 0.25) is 6.79 Å². The summed E-state index contributed by atoms with van der Waals surface area (Å²) in [4.78, 5) is 20.8. The predicted octanol–water partition coefficient (Wildman–Crippen LogP) is 3.26. The summed E-state index contributed by atoms with van der Waals surface area (Å²) < 4.78 is 10.5. The number of nitrogens with zero attached hydrogens (tertiary/aromatic N) is 2. The average molecular weight is 354 g/mol. The number of nitrogens with one attached hydrogen (secondary N) is 2. The van der Waals surface area contributed by atoms with Crippen LogP contribution in [0.15, 0.2) is 47.4 Å². The average Bonchev–Trinajstić information content (AvgIpc) is 3.31. The second-order valence-electron chi connectivity index (χ2n) is 5.24. The maximum Gasteiger partial charge on any atom is 0.319 e. The smallest absolute Gasteiger partial charge is 0.319 e. The summed E-state index contributed by atoms with van der Waals surface area (Å²) in [7, 11) is 0. The molecule has 0 unspecified atom stereocenters. The summed E-state index contributed by atoms with van der Waals surface area (Å²) in [6, 6.07) is 6.88. The van der Waals surface area contributed by atoms with Gasteiger partial charge < -0.3 is 20.1 Å². The van der Waals surface area contributed by atoms with Crippen molar-refractivity contribution in [1.29, 1.82) is 0 Å². The third-order valence-electron chi connectivity index (χ3n) is 3.62. The van der Waals surface area contributed by atoms with Gasteiger partial charge in [0.05, 0.1) is 17.9 Å². The van der Waals surface area contributed by atoms with E-state index in [1.165, 1.54) is 0 Å². The molecule has 1 aliphatic rings. The molecule has 4 rings (SSSR count). The van der Waals surface area contributed by atoms with Crippen LogP contribution in [0.2, 0.25) is 0 Å². The number of carbonyl (C=O) groups excluding carboxylic acids is 1. The van der Waals surface area contributed by atoms with Crippen LogP contribution in [0.3, 0.4) is 0 Å². The Labute approximate surface area is 147 Å². The van der Waals surface area contributed by atoms with Crippen molar-refractivity contribution in [3.05, 3.63) is 53.1 Å². The molecule has 25 heavy (non-hydrogen) atoms. The SMILES string of the molecule is O=C(NCc1nccnc1-c1ccsc1)Nc1ccc2c(c1)OCO2. The van der Waals surface area contributed by atoms with Crippen molar-refractivity contribution in [2.75, 3.05) is 12.1 Å². The van der Waals surface area contributed by atoms with Gasteiger partial charge in [0.1, 0.15) is 0 Å². The van der Waals surface area contributed by atoms with E-state index in [2.05, 4.69) is 20.6 Å². The van der Waals surface area contributed by atoms with Crippen molar-refractivity contribution in [1.82, 2.24) is 15.3 Å². The molecule has 3 heterocycles. The fraction of sp³-hybridized carbons (Fsp3) is 0.118. The van der Waals surface area contributed by atoms with Gasteiger partial charge in [0.25, 0.3) is 0 Å². The van der Waals surface area contributed by atoms with Crippen LogP contribution < -0.4 is 20.1 Å². The minimum atomic E-state index is -0.333. The molecule has 2 amide bonds. The number of amides is 2. The number of carbonyl (C=O) groups is 1. The number of hydrogen-bond acceptors (Lipinski definition) is 6. The molecule has 0 spiro atoms. The Kier molecular flexibility index (Phi) is 4.17. The Balaban J connectivity index is 1.41. The van der Waals surface area contributed by atoms with Gasteiger partial charge in [-0.1, -0.05) is 0 Å². The summed E-state index contributed by atoms with van der Waals surface area (Å²) >= 11 is 1.59. The van der Waals surface area contributed by atoms with Crippen molar-refractivity contribution < 1.29 is 14.3 Å². The highest BCUT2D eigenvalue weighted by Gasteiger charge is 2.14. The van der Waals surface area contributed by atoms with Gasteiger partial charge in [-0.15, -0.1) is 0 Å². The van der Waals surface area contributed by atoms with Crippen molar-refractivity contribution in [2.24, 2.45) is 0 Å². The number of thiophene rings is 1. The maximum atomic E-state index is 12.1. The number of fused-ring (bicyclic) bond motifs is 1. The lowest BCUT2D eigenvalue weighted by atomic mass is 10.2. The predicted molar refractivity (Wildman–Crippen MR) is 93.8 cm³/mol. The zero-order chi connectivity index (χ0) is 17.1. The summed E-state index contributed by atoms with van der Waals surface area (Å²) in [5, 5.41) is 9.54. The largest absolute Gasteiger partial charge is 0.454 e. The summed E-state index contributed by atoms with van der Waals surface area (Å²) in [5.41, 5.74) is 3.10. The number of hydrogen-bond donors (Lipinski definition) is 2. The molecule has 0 bridgehead atoms. The Morgan fingerprint density at radius 2 is 2.04 bits per heavy atom. The fourth-order valence-corrected chi connectivity index (χ4v) is 3.09. The zero-order valence-electron chi connectivity index (χ0n) is 13.1. The Bertz CT molecular complexity index is 899. The van der Waals surface area contributed by atoms with E-state index in [1.807, 2.05) is 16.8 Å². The lowest BCUT2D eigenvalue weighted by Crippen LogP contribution is -2.28. The van der Waals surface area contributed by atoms with Crippen molar-refractivity contribution >= 4 is 23.1 Å². The van der Waals surface area contributed by atoms with Crippen LogP contribution in [-0.4, -0.2) is 22.8 Å². The monoisotopic (exact) mass is 354 g/mol. The van der Waals surface area contributed by atoms with Crippen LogP contribution in [0.5, 0.6) is 11.5 Å². The second-order valence-corrected chi connectivity index (χ2v) is 6.02. The molecule has 0 saturated heterocycles. The molecular weight excluding hydrogens is 340 g/mol. The zero-order valence-corrected chi connectivity index (χ0v) is 13.9. The number of benzene rings is 1. The van der Waals surface area contributed by atoms with Gasteiger partial charge >= 0.3 is 6.03 Å². The third-order valence-corrected chi connectivity index (χ3v) is 4.30. The molecule has 2 N–H and O–H groups in total. The molecule has 0 atom stereocenters. The highest BCUT2D eigenvalue weighted by molar-refractivity contribution is 7.08. The first-order chi connectivity index (χ1) is 12.3. The van der Waals surface area contributed by atoms with Gasteiger partial charge in [-0.05, 0) is 23.6 Å². The first-order valence-corrected chi connectivity index (χ1v) is 8.51. The Hall–Kier alpha value is -3.13. The van der Waals surface area contributed by atoms with Gasteiger partial charge in [-0.3, -0.25) is 9.97 Å². The lowest BCUT2D eigenvalue weighted by molar-refractivity contribution is 0.174. The standard InChI is InChI=1S/C17H14N4O3S/c22-17(21-12-1-2-14-15(7-12)24-10-23-14)20-8-13-16(19-5-4-18-13)11-3-6-25-9-11/h1-7,9H,8,10H2,(H2,20,21,22). The van der Waals surface area contributed by atoms with E-state index in [4.69, 9.17) is 9.47 Å². The minimum Gasteiger partial charge on any atom is -0.454 e. The van der Waals surface area contributed by atoms with Gasteiger partial charge in [0.15, 0.2) is 11.5 Å². The Morgan fingerprint density at radius 1 is 1.16 bits per heavy atom. The highest BCUT2D eigenvalue weighted by Crippen LogP contribution is 2.34. The van der Waals surface area contributed by atoms with Crippen LogP contribution in [0, 0.1) is 0 Å². The molecule has 7 nitrogen and oxygen atoms in total. The molecule has 1 aliphatic heterocycles. The molecule has 8 heteroatoms. The van der Waals surface area contributed by atoms with Crippen LogP contribution in [0.4, 0.5) is 10.5 Å². The van der Waals surface area contributed by atoms with E-state index >= 15 is 0 Å².